The first-order valence-electron chi connectivity index (χ1n) is 11.9. The van der Waals surface area contributed by atoms with Crippen LogP contribution in [0.15, 0.2) is 0 Å². The van der Waals surface area contributed by atoms with E-state index in [1.807, 2.05) is 0 Å². The molecule has 8 nitrogen and oxygen atoms in total. The van der Waals surface area contributed by atoms with E-state index in [1.165, 1.54) is 35.3 Å². The van der Waals surface area contributed by atoms with Crippen molar-refractivity contribution in [1.82, 2.24) is 0 Å². The second-order valence-electron chi connectivity index (χ2n) is 7.04. The van der Waals surface area contributed by atoms with Crippen molar-refractivity contribution < 1.29 is 38.6 Å². The molecule has 0 aromatic heterocycles. The third kappa shape index (κ3) is 29.7. The first-order valence-corrected chi connectivity index (χ1v) is 20.2. The first-order chi connectivity index (χ1) is 18.0. The molecule has 0 amide bonds. The molecule has 0 saturated carbocycles. The molecule has 0 fully saturated rings. The number of aliphatic hydroxyl groups is 2. The summed E-state index contributed by atoms with van der Waals surface area (Å²) in [6, 6.07) is 0. The molecular formula is C22H40O8S7. The van der Waals surface area contributed by atoms with Crippen molar-refractivity contribution in [3.8, 4) is 0 Å². The number of thioether (sulfide) groups is 6. The smallest absolute Gasteiger partial charge is 0.307 e. The normalized spacial score (nSPS) is 11.9. The molecule has 0 aliphatic heterocycles. The summed E-state index contributed by atoms with van der Waals surface area (Å²) in [5.41, 5.74) is 0. The number of hydrogen-bond donors (Lipinski definition) is 2. The first kappa shape index (κ1) is 37.9. The Morgan fingerprint density at radius 3 is 1.76 bits per heavy atom. The molecule has 0 heterocycles. The van der Waals surface area contributed by atoms with Crippen molar-refractivity contribution >= 4 is 98.8 Å². The Balaban J connectivity index is 3.41. The summed E-state index contributed by atoms with van der Waals surface area (Å²) in [6.45, 7) is 0.151. The molecule has 0 radical (unpaired) electrons. The largest absolute Gasteiger partial charge is 0.616 e. The molecule has 0 rings (SSSR count). The van der Waals surface area contributed by atoms with Gasteiger partial charge in [-0.15, -0.1) is 23.5 Å². The topological polar surface area (TPSA) is 133 Å². The molecule has 0 bridgehead atoms. The Labute approximate surface area is 250 Å². The van der Waals surface area contributed by atoms with E-state index in [0.29, 0.717) is 59.5 Å². The zero-order chi connectivity index (χ0) is 27.4. The molecule has 0 aliphatic rings. The standard InChI is InChI=1S/C22H40O8S7/c23-5-11-34-18-29-20(25)2-8-31-7-1-16-37(28)17-15-33-13-14-36-22(27)4-10-32-9-3-21(26)30-19-35-12-6-24/h23-24H,1-19H2. The second kappa shape index (κ2) is 29.9. The van der Waals surface area contributed by atoms with Gasteiger partial charge >= 0.3 is 11.9 Å². The molecule has 37 heavy (non-hydrogen) atoms. The predicted octanol–water partition coefficient (Wildman–Crippen LogP) is 3.21. The van der Waals surface area contributed by atoms with Gasteiger partial charge in [0, 0.05) is 58.9 Å². The van der Waals surface area contributed by atoms with Crippen LogP contribution in [-0.4, -0.2) is 120 Å². The van der Waals surface area contributed by atoms with Gasteiger partial charge in [-0.05, 0) is 5.75 Å². The lowest BCUT2D eigenvalue weighted by atomic mass is 10.5. The zero-order valence-electron chi connectivity index (χ0n) is 21.1. The third-order valence-corrected chi connectivity index (χ3v) is 11.4. The Kier molecular flexibility index (Phi) is 30.7. The van der Waals surface area contributed by atoms with Crippen molar-refractivity contribution in [2.75, 3.05) is 88.4 Å². The molecule has 218 valence electrons. The molecule has 0 spiro atoms. The zero-order valence-corrected chi connectivity index (χ0v) is 26.9. The van der Waals surface area contributed by atoms with E-state index in [9.17, 15) is 18.9 Å². The van der Waals surface area contributed by atoms with Crippen LogP contribution in [-0.2, 0) is 35.0 Å². The maximum Gasteiger partial charge on any atom is 0.307 e. The van der Waals surface area contributed by atoms with Crippen LogP contribution in [0.4, 0.5) is 0 Å². The van der Waals surface area contributed by atoms with E-state index in [0.717, 1.165) is 29.4 Å². The summed E-state index contributed by atoms with van der Waals surface area (Å²) in [5, 5.41) is 17.5. The SMILES string of the molecule is O=C(CCSCCC[S+]([O-])CCSCCSC(=O)CCSCCC(=O)OCSCCO)OCSCCO. The molecule has 0 saturated heterocycles. The van der Waals surface area contributed by atoms with Crippen LogP contribution in [0, 0.1) is 0 Å². The Morgan fingerprint density at radius 2 is 1.16 bits per heavy atom. The van der Waals surface area contributed by atoms with Crippen LogP contribution < -0.4 is 0 Å². The fourth-order valence-electron chi connectivity index (χ4n) is 2.24. The van der Waals surface area contributed by atoms with Gasteiger partial charge in [-0.1, -0.05) is 22.9 Å². The van der Waals surface area contributed by atoms with Gasteiger partial charge in [0.2, 0.25) is 0 Å². The minimum atomic E-state index is -0.838. The highest BCUT2D eigenvalue weighted by Gasteiger charge is 2.08. The number of aliphatic hydroxyl groups excluding tert-OH is 2. The molecule has 0 aromatic rings. The monoisotopic (exact) mass is 656 g/mol. The lowest BCUT2D eigenvalue weighted by Gasteiger charge is -2.10. The van der Waals surface area contributed by atoms with Crippen LogP contribution in [0.2, 0.25) is 0 Å². The summed E-state index contributed by atoms with van der Waals surface area (Å²) in [6.07, 6.45) is 2.03. The molecular weight excluding hydrogens is 617 g/mol. The molecule has 15 heteroatoms. The van der Waals surface area contributed by atoms with Crippen molar-refractivity contribution in [2.24, 2.45) is 0 Å². The van der Waals surface area contributed by atoms with Gasteiger partial charge in [-0.3, -0.25) is 14.4 Å². The minimum absolute atomic E-state index is 0.0711. The molecule has 1 unspecified atom stereocenters. The number of carbonyl (C=O) groups excluding carboxylic acids is 3. The number of ether oxygens (including phenoxy) is 2. The van der Waals surface area contributed by atoms with Gasteiger partial charge in [0.05, 0.1) is 26.1 Å². The summed E-state index contributed by atoms with van der Waals surface area (Å²) in [7, 11) is 0. The van der Waals surface area contributed by atoms with Crippen molar-refractivity contribution in [3.05, 3.63) is 0 Å². The average Bonchev–Trinajstić information content (AvgIpc) is 2.88. The van der Waals surface area contributed by atoms with Crippen molar-refractivity contribution in [2.45, 2.75) is 25.7 Å². The highest BCUT2D eigenvalue weighted by atomic mass is 32.2. The van der Waals surface area contributed by atoms with Gasteiger partial charge in [-0.25, -0.2) is 0 Å². The minimum Gasteiger partial charge on any atom is -0.616 e. The predicted molar refractivity (Wildman–Crippen MR) is 167 cm³/mol. The maximum atomic E-state index is 12.1. The van der Waals surface area contributed by atoms with E-state index < -0.39 is 11.2 Å². The number of esters is 2. The summed E-state index contributed by atoms with van der Waals surface area (Å²) < 4.78 is 22.1. The number of rotatable bonds is 27. The number of carbonyl (C=O) groups is 3. The Bertz CT molecular complexity index is 575. The van der Waals surface area contributed by atoms with Gasteiger partial charge in [0.1, 0.15) is 23.4 Å². The summed E-state index contributed by atoms with van der Waals surface area (Å²) >= 11 is 8.20. The van der Waals surface area contributed by atoms with Gasteiger partial charge < -0.3 is 24.2 Å². The third-order valence-electron chi connectivity index (χ3n) is 4.04. The van der Waals surface area contributed by atoms with Gasteiger partial charge in [0.15, 0.2) is 5.12 Å². The average molecular weight is 657 g/mol. The second-order valence-corrected chi connectivity index (χ2v) is 15.7. The lowest BCUT2D eigenvalue weighted by Crippen LogP contribution is -2.14. The molecule has 0 aliphatic carbocycles. The van der Waals surface area contributed by atoms with E-state index in [1.54, 1.807) is 35.3 Å². The molecule has 1 atom stereocenters. The van der Waals surface area contributed by atoms with E-state index >= 15 is 0 Å². The van der Waals surface area contributed by atoms with Crippen LogP contribution in [0.5, 0.6) is 0 Å². The van der Waals surface area contributed by atoms with Crippen LogP contribution in [0.3, 0.4) is 0 Å². The fourth-order valence-corrected chi connectivity index (χ4v) is 8.55. The van der Waals surface area contributed by atoms with Gasteiger partial charge in [0.25, 0.3) is 0 Å². The lowest BCUT2D eigenvalue weighted by molar-refractivity contribution is -0.141. The van der Waals surface area contributed by atoms with Gasteiger partial charge in [-0.2, -0.15) is 35.3 Å². The summed E-state index contributed by atoms with van der Waals surface area (Å²) in [5.74, 6) is 7.82. The van der Waals surface area contributed by atoms with E-state index in [4.69, 9.17) is 19.7 Å². The fraction of sp³-hybridized carbons (Fsp3) is 0.864. The van der Waals surface area contributed by atoms with Crippen molar-refractivity contribution in [3.63, 3.8) is 0 Å². The van der Waals surface area contributed by atoms with E-state index in [-0.39, 0.29) is 42.1 Å². The summed E-state index contributed by atoms with van der Waals surface area (Å²) in [4.78, 5) is 34.9. The quantitative estimate of drug-likeness (QED) is 0.0580. The van der Waals surface area contributed by atoms with Crippen LogP contribution >= 0.6 is 70.6 Å². The van der Waals surface area contributed by atoms with Crippen LogP contribution in [0.25, 0.3) is 0 Å². The molecule has 0 aromatic carbocycles. The highest BCUT2D eigenvalue weighted by molar-refractivity contribution is 8.14. The van der Waals surface area contributed by atoms with Crippen molar-refractivity contribution in [1.29, 1.82) is 0 Å². The molecule has 2 N–H and O–H groups in total. The maximum absolute atomic E-state index is 12.1. The highest BCUT2D eigenvalue weighted by Crippen LogP contribution is 2.14. The number of hydrogen-bond acceptors (Lipinski definition) is 14. The van der Waals surface area contributed by atoms with Crippen LogP contribution in [0.1, 0.15) is 25.7 Å². The Morgan fingerprint density at radius 1 is 0.622 bits per heavy atom. The Hall–Kier alpha value is 0.940. The van der Waals surface area contributed by atoms with E-state index in [2.05, 4.69) is 0 Å².